The molecule has 2 rings (SSSR count). The van der Waals surface area contributed by atoms with Crippen molar-refractivity contribution in [3.63, 3.8) is 0 Å². The Bertz CT molecular complexity index is 829. The Morgan fingerprint density at radius 2 is 1.86 bits per heavy atom. The number of amides is 2. The van der Waals surface area contributed by atoms with Gasteiger partial charge in [0.05, 0.1) is 10.6 Å². The van der Waals surface area contributed by atoms with Crippen LogP contribution < -0.4 is 20.7 Å². The third kappa shape index (κ3) is 7.98. The topological polar surface area (TPSA) is 120 Å². The number of ether oxygens (including phenoxy) is 1. The Labute approximate surface area is 173 Å². The molecule has 0 saturated carbocycles. The molecule has 5 N–H and O–H groups in total. The van der Waals surface area contributed by atoms with E-state index in [9.17, 15) is 14.7 Å². The van der Waals surface area contributed by atoms with E-state index >= 15 is 0 Å². The van der Waals surface area contributed by atoms with E-state index in [1.54, 1.807) is 12.1 Å². The van der Waals surface area contributed by atoms with Gasteiger partial charge < -0.3 is 30.9 Å². The van der Waals surface area contributed by atoms with Crippen molar-refractivity contribution in [3.8, 4) is 5.75 Å². The molecule has 8 nitrogen and oxygen atoms in total. The molecule has 0 aromatic heterocycles. The summed E-state index contributed by atoms with van der Waals surface area (Å²) in [5.41, 5.74) is 1.65. The molecule has 0 bridgehead atoms. The Hall–Kier alpha value is -2.81. The van der Waals surface area contributed by atoms with Crippen LogP contribution in [-0.2, 0) is 0 Å². The van der Waals surface area contributed by atoms with Crippen molar-refractivity contribution in [3.05, 3.63) is 58.6 Å². The van der Waals surface area contributed by atoms with Gasteiger partial charge in [0.15, 0.2) is 0 Å². The van der Waals surface area contributed by atoms with Gasteiger partial charge in [-0.1, -0.05) is 17.7 Å². The number of aryl methyl sites for hydroxylation is 1. The maximum absolute atomic E-state index is 11.8. The lowest BCUT2D eigenvalue weighted by Crippen LogP contribution is -2.38. The fraction of sp³-hybridized carbons (Fsp3) is 0.300. The maximum atomic E-state index is 11.8. The highest BCUT2D eigenvalue weighted by Crippen LogP contribution is 2.25. The fourth-order valence-corrected chi connectivity index (χ4v) is 2.54. The number of hydrogen-bond donors (Lipinski definition) is 5. The third-order valence-corrected chi connectivity index (χ3v) is 4.19. The molecule has 0 spiro atoms. The Morgan fingerprint density at radius 1 is 1.14 bits per heavy atom. The van der Waals surface area contributed by atoms with Crippen LogP contribution in [0.2, 0.25) is 5.02 Å². The highest BCUT2D eigenvalue weighted by atomic mass is 35.5. The number of aliphatic hydroxyl groups is 1. The summed E-state index contributed by atoms with van der Waals surface area (Å²) in [6.07, 6.45) is -0.729. The van der Waals surface area contributed by atoms with Crippen molar-refractivity contribution in [2.45, 2.75) is 13.0 Å². The van der Waals surface area contributed by atoms with Crippen LogP contribution in [0.1, 0.15) is 15.9 Å². The number of carbonyl (C=O) groups excluding carboxylic acids is 1. The molecule has 0 fully saturated rings. The second-order valence-electron chi connectivity index (χ2n) is 6.37. The zero-order valence-electron chi connectivity index (χ0n) is 15.9. The first kappa shape index (κ1) is 22.5. The van der Waals surface area contributed by atoms with Crippen LogP contribution >= 0.6 is 11.6 Å². The van der Waals surface area contributed by atoms with Gasteiger partial charge in [-0.2, -0.15) is 0 Å². The summed E-state index contributed by atoms with van der Waals surface area (Å²) in [5, 5.41) is 27.6. The summed E-state index contributed by atoms with van der Waals surface area (Å²) in [4.78, 5) is 22.6. The maximum Gasteiger partial charge on any atom is 0.335 e. The second kappa shape index (κ2) is 11.3. The van der Waals surface area contributed by atoms with Gasteiger partial charge in [0.2, 0.25) is 0 Å². The van der Waals surface area contributed by atoms with Crippen molar-refractivity contribution in [1.82, 2.24) is 10.6 Å². The van der Waals surface area contributed by atoms with E-state index in [1.165, 1.54) is 24.3 Å². The van der Waals surface area contributed by atoms with E-state index in [2.05, 4.69) is 16.0 Å². The van der Waals surface area contributed by atoms with Crippen LogP contribution in [0.15, 0.2) is 42.5 Å². The summed E-state index contributed by atoms with van der Waals surface area (Å²) in [7, 11) is 0. The summed E-state index contributed by atoms with van der Waals surface area (Å²) >= 11 is 6.04. The van der Waals surface area contributed by atoms with Crippen LogP contribution in [-0.4, -0.2) is 54.6 Å². The minimum atomic E-state index is -1.03. The lowest BCUT2D eigenvalue weighted by atomic mass is 10.2. The molecule has 1 atom stereocenters. The Balaban J connectivity index is 1.59. The number of carboxylic acids is 1. The van der Waals surface area contributed by atoms with Gasteiger partial charge in [0, 0.05) is 25.3 Å². The van der Waals surface area contributed by atoms with E-state index in [1.807, 2.05) is 13.0 Å². The predicted molar refractivity (Wildman–Crippen MR) is 111 cm³/mol. The smallest absolute Gasteiger partial charge is 0.335 e. The number of rotatable bonds is 10. The standard InChI is InChI=1S/C20H24ClN3O5/c1-13-2-7-17(21)18(10-13)29-12-16(25)11-22-8-9-23-20(28)24-15-5-3-14(4-6-15)19(26)27/h2-7,10,16,22,25H,8-9,11-12H2,1H3,(H,26,27)(H2,23,24,28). The zero-order chi connectivity index (χ0) is 21.2. The molecule has 0 aliphatic carbocycles. The number of aliphatic hydroxyl groups excluding tert-OH is 1. The number of benzene rings is 2. The van der Waals surface area contributed by atoms with Gasteiger partial charge in [-0.25, -0.2) is 9.59 Å². The SMILES string of the molecule is Cc1ccc(Cl)c(OCC(O)CNCCNC(=O)Nc2ccc(C(=O)O)cc2)c1. The average Bonchev–Trinajstić information content (AvgIpc) is 2.68. The summed E-state index contributed by atoms with van der Waals surface area (Å²) in [5.74, 6) is -0.498. The summed E-state index contributed by atoms with van der Waals surface area (Å²) < 4.78 is 5.53. The van der Waals surface area contributed by atoms with Gasteiger partial charge in [0.25, 0.3) is 0 Å². The Kier molecular flexibility index (Phi) is 8.72. The first-order chi connectivity index (χ1) is 13.8. The Morgan fingerprint density at radius 3 is 2.55 bits per heavy atom. The number of halogens is 1. The lowest BCUT2D eigenvalue weighted by molar-refractivity contribution is 0.0697. The first-order valence-corrected chi connectivity index (χ1v) is 9.39. The van der Waals surface area contributed by atoms with E-state index in [0.29, 0.717) is 36.1 Å². The molecule has 2 aromatic carbocycles. The van der Waals surface area contributed by atoms with Crippen LogP contribution in [0.4, 0.5) is 10.5 Å². The van der Waals surface area contributed by atoms with E-state index in [0.717, 1.165) is 5.56 Å². The number of aromatic carboxylic acids is 1. The molecule has 29 heavy (non-hydrogen) atoms. The second-order valence-corrected chi connectivity index (χ2v) is 6.77. The van der Waals surface area contributed by atoms with Crippen LogP contribution in [0.25, 0.3) is 0 Å². The van der Waals surface area contributed by atoms with Crippen molar-refractivity contribution >= 4 is 29.3 Å². The minimum Gasteiger partial charge on any atom is -0.489 e. The number of carboxylic acid groups (broad SMARTS) is 1. The zero-order valence-corrected chi connectivity index (χ0v) is 16.7. The van der Waals surface area contributed by atoms with E-state index in [4.69, 9.17) is 21.4 Å². The highest BCUT2D eigenvalue weighted by Gasteiger charge is 2.08. The molecule has 9 heteroatoms. The largest absolute Gasteiger partial charge is 0.489 e. The lowest BCUT2D eigenvalue weighted by Gasteiger charge is -2.14. The molecule has 156 valence electrons. The number of urea groups is 1. The molecule has 0 heterocycles. The minimum absolute atomic E-state index is 0.0937. The highest BCUT2D eigenvalue weighted by molar-refractivity contribution is 6.32. The monoisotopic (exact) mass is 421 g/mol. The van der Waals surface area contributed by atoms with Crippen molar-refractivity contribution < 1.29 is 24.5 Å². The van der Waals surface area contributed by atoms with Gasteiger partial charge >= 0.3 is 12.0 Å². The van der Waals surface area contributed by atoms with Gasteiger partial charge in [-0.3, -0.25) is 0 Å². The molecule has 0 aliphatic rings. The predicted octanol–water partition coefficient (Wildman–Crippen LogP) is 2.50. The normalized spacial score (nSPS) is 11.6. The van der Waals surface area contributed by atoms with E-state index in [-0.39, 0.29) is 12.2 Å². The number of anilines is 1. The number of hydrogen-bond acceptors (Lipinski definition) is 5. The molecule has 0 radical (unpaired) electrons. The molecule has 1 unspecified atom stereocenters. The summed E-state index contributed by atoms with van der Waals surface area (Å²) in [6.45, 7) is 3.11. The van der Waals surface area contributed by atoms with Gasteiger partial charge in [-0.15, -0.1) is 0 Å². The molecular formula is C20H24ClN3O5. The van der Waals surface area contributed by atoms with Crippen LogP contribution in [0.5, 0.6) is 5.75 Å². The van der Waals surface area contributed by atoms with Crippen molar-refractivity contribution in [1.29, 1.82) is 0 Å². The molecule has 2 aromatic rings. The third-order valence-electron chi connectivity index (χ3n) is 3.87. The molecule has 0 saturated heterocycles. The van der Waals surface area contributed by atoms with Crippen LogP contribution in [0, 0.1) is 6.92 Å². The van der Waals surface area contributed by atoms with Crippen LogP contribution in [0.3, 0.4) is 0 Å². The number of nitrogens with one attached hydrogen (secondary N) is 3. The van der Waals surface area contributed by atoms with Crippen molar-refractivity contribution in [2.24, 2.45) is 0 Å². The fourth-order valence-electron chi connectivity index (χ4n) is 2.37. The summed E-state index contributed by atoms with van der Waals surface area (Å²) in [6, 6.07) is 10.9. The molecule has 0 aliphatic heterocycles. The number of carbonyl (C=O) groups is 2. The van der Waals surface area contributed by atoms with E-state index < -0.39 is 18.1 Å². The average molecular weight is 422 g/mol. The molecule has 2 amide bonds. The van der Waals surface area contributed by atoms with Gasteiger partial charge in [-0.05, 0) is 48.9 Å². The van der Waals surface area contributed by atoms with Crippen molar-refractivity contribution in [2.75, 3.05) is 31.6 Å². The quantitative estimate of drug-likeness (QED) is 0.376. The van der Waals surface area contributed by atoms with Gasteiger partial charge in [0.1, 0.15) is 18.5 Å². The molecular weight excluding hydrogens is 398 g/mol. The first-order valence-electron chi connectivity index (χ1n) is 9.01.